The fourth-order valence-electron chi connectivity index (χ4n) is 5.20. The summed E-state index contributed by atoms with van der Waals surface area (Å²) in [4.78, 5) is 15.0. The standard InChI is InChI=1S/C25H32N2O3/c1-30-21-12-10-20(11-13-21)24-22-9-5-6-14-25(22,29)15-16-27(24)18-23(28)26-17-19-7-3-2-4-8-19/h2-4,7-8,10-13,22,24,29H,5-6,9,14-18H2,1H3,(H,26,28). The second-order valence-electron chi connectivity index (χ2n) is 8.66. The zero-order valence-corrected chi connectivity index (χ0v) is 17.7. The monoisotopic (exact) mass is 408 g/mol. The maximum absolute atomic E-state index is 12.8. The number of amides is 1. The molecule has 0 radical (unpaired) electrons. The molecule has 0 bridgehead atoms. The number of aliphatic hydroxyl groups is 1. The number of piperidine rings is 1. The van der Waals surface area contributed by atoms with Gasteiger partial charge in [0, 0.05) is 25.0 Å². The van der Waals surface area contributed by atoms with E-state index in [1.807, 2.05) is 42.5 Å². The first-order valence-electron chi connectivity index (χ1n) is 11.0. The van der Waals surface area contributed by atoms with Crippen LogP contribution in [0.3, 0.4) is 0 Å². The first kappa shape index (κ1) is 20.9. The number of fused-ring (bicyclic) bond motifs is 1. The summed E-state index contributed by atoms with van der Waals surface area (Å²) < 4.78 is 5.32. The Morgan fingerprint density at radius 2 is 1.90 bits per heavy atom. The minimum atomic E-state index is -0.625. The predicted molar refractivity (Wildman–Crippen MR) is 117 cm³/mol. The van der Waals surface area contributed by atoms with Gasteiger partial charge in [0.2, 0.25) is 5.91 Å². The van der Waals surface area contributed by atoms with Crippen LogP contribution in [0.4, 0.5) is 0 Å². The van der Waals surface area contributed by atoms with Crippen LogP contribution in [0.1, 0.15) is 49.3 Å². The molecule has 2 fully saturated rings. The van der Waals surface area contributed by atoms with Gasteiger partial charge >= 0.3 is 0 Å². The van der Waals surface area contributed by atoms with Gasteiger partial charge in [-0.15, -0.1) is 0 Å². The summed E-state index contributed by atoms with van der Waals surface area (Å²) in [5, 5.41) is 14.4. The molecule has 3 unspecified atom stereocenters. The topological polar surface area (TPSA) is 61.8 Å². The molecule has 2 aromatic rings. The van der Waals surface area contributed by atoms with Crippen LogP contribution in [-0.4, -0.2) is 41.7 Å². The zero-order valence-electron chi connectivity index (χ0n) is 17.7. The van der Waals surface area contributed by atoms with Gasteiger partial charge in [-0.3, -0.25) is 9.69 Å². The van der Waals surface area contributed by atoms with Crippen LogP contribution in [0.25, 0.3) is 0 Å². The Kier molecular flexibility index (Phi) is 6.40. The van der Waals surface area contributed by atoms with Crippen molar-refractivity contribution in [3.63, 3.8) is 0 Å². The van der Waals surface area contributed by atoms with E-state index < -0.39 is 5.60 Å². The van der Waals surface area contributed by atoms with Crippen LogP contribution in [0.2, 0.25) is 0 Å². The maximum Gasteiger partial charge on any atom is 0.234 e. The molecule has 0 aromatic heterocycles. The third-order valence-electron chi connectivity index (χ3n) is 6.81. The molecular formula is C25H32N2O3. The number of carbonyl (C=O) groups excluding carboxylic acids is 1. The third kappa shape index (κ3) is 4.52. The van der Waals surface area contributed by atoms with E-state index in [1.54, 1.807) is 7.11 Å². The highest BCUT2D eigenvalue weighted by Crippen LogP contribution is 2.49. The SMILES string of the molecule is COc1ccc(C2C3CCCCC3(O)CCN2CC(=O)NCc2ccccc2)cc1. The van der Waals surface area contributed by atoms with Crippen molar-refractivity contribution in [1.29, 1.82) is 0 Å². The molecule has 3 atom stereocenters. The summed E-state index contributed by atoms with van der Waals surface area (Å²) in [6.07, 6.45) is 4.80. The third-order valence-corrected chi connectivity index (χ3v) is 6.81. The summed E-state index contributed by atoms with van der Waals surface area (Å²) in [5.41, 5.74) is 1.62. The van der Waals surface area contributed by atoms with Crippen molar-refractivity contribution in [1.82, 2.24) is 10.2 Å². The van der Waals surface area contributed by atoms with Crippen LogP contribution in [-0.2, 0) is 11.3 Å². The number of methoxy groups -OCH3 is 1. The lowest BCUT2D eigenvalue weighted by Gasteiger charge is -2.52. The average molecular weight is 409 g/mol. The lowest BCUT2D eigenvalue weighted by molar-refractivity contribution is -0.138. The highest BCUT2D eigenvalue weighted by atomic mass is 16.5. The van der Waals surface area contributed by atoms with Crippen LogP contribution in [0.5, 0.6) is 5.75 Å². The molecule has 4 rings (SSSR count). The van der Waals surface area contributed by atoms with Gasteiger partial charge < -0.3 is 15.2 Å². The summed E-state index contributed by atoms with van der Waals surface area (Å²) in [6.45, 7) is 1.60. The predicted octanol–water partition coefficient (Wildman–Crippen LogP) is 3.68. The smallest absolute Gasteiger partial charge is 0.234 e. The van der Waals surface area contributed by atoms with Gasteiger partial charge in [0.15, 0.2) is 0 Å². The number of ether oxygens (including phenoxy) is 1. The minimum absolute atomic E-state index is 0.0265. The number of carbonyl (C=O) groups is 1. The molecule has 160 valence electrons. The summed E-state index contributed by atoms with van der Waals surface area (Å²) in [5.74, 6) is 0.995. The number of benzene rings is 2. The molecule has 1 amide bonds. The van der Waals surface area contributed by atoms with E-state index >= 15 is 0 Å². The number of hydrogen-bond acceptors (Lipinski definition) is 4. The van der Waals surface area contributed by atoms with Gasteiger partial charge in [0.25, 0.3) is 0 Å². The first-order valence-corrected chi connectivity index (χ1v) is 11.0. The van der Waals surface area contributed by atoms with E-state index in [0.717, 1.165) is 55.5 Å². The van der Waals surface area contributed by atoms with Gasteiger partial charge in [-0.1, -0.05) is 55.3 Å². The number of likely N-dealkylation sites (tertiary alicyclic amines) is 1. The largest absolute Gasteiger partial charge is 0.497 e. The molecule has 1 saturated heterocycles. The second kappa shape index (κ2) is 9.19. The zero-order chi connectivity index (χ0) is 21.0. The summed E-state index contributed by atoms with van der Waals surface area (Å²) >= 11 is 0. The molecule has 0 spiro atoms. The normalized spacial score (nSPS) is 26.6. The number of rotatable bonds is 6. The number of nitrogens with one attached hydrogen (secondary N) is 1. The van der Waals surface area contributed by atoms with Crippen LogP contribution in [0.15, 0.2) is 54.6 Å². The molecule has 1 heterocycles. The van der Waals surface area contributed by atoms with Crippen molar-refractivity contribution in [3.8, 4) is 5.75 Å². The summed E-state index contributed by atoms with van der Waals surface area (Å²) in [7, 11) is 1.67. The van der Waals surface area contributed by atoms with E-state index in [4.69, 9.17) is 4.74 Å². The average Bonchev–Trinajstić information content (AvgIpc) is 2.78. The molecule has 5 nitrogen and oxygen atoms in total. The van der Waals surface area contributed by atoms with Crippen LogP contribution < -0.4 is 10.1 Å². The quantitative estimate of drug-likeness (QED) is 0.765. The van der Waals surface area contributed by atoms with Crippen LogP contribution in [0, 0.1) is 5.92 Å². The molecule has 2 aliphatic rings. The van der Waals surface area contributed by atoms with Crippen LogP contribution >= 0.6 is 0 Å². The van der Waals surface area contributed by atoms with Crippen molar-refractivity contribution in [3.05, 3.63) is 65.7 Å². The van der Waals surface area contributed by atoms with E-state index in [9.17, 15) is 9.90 Å². The Hall–Kier alpha value is -2.37. The van der Waals surface area contributed by atoms with Gasteiger partial charge in [0.05, 0.1) is 19.3 Å². The first-order chi connectivity index (χ1) is 14.6. The van der Waals surface area contributed by atoms with E-state index in [-0.39, 0.29) is 17.9 Å². The van der Waals surface area contributed by atoms with E-state index in [0.29, 0.717) is 13.1 Å². The fourth-order valence-corrected chi connectivity index (χ4v) is 5.20. The Labute approximate surface area is 179 Å². The highest BCUT2D eigenvalue weighted by Gasteiger charge is 2.49. The molecule has 1 aliphatic heterocycles. The van der Waals surface area contributed by atoms with Crippen molar-refractivity contribution in [2.45, 2.75) is 50.3 Å². The Morgan fingerprint density at radius 3 is 2.63 bits per heavy atom. The highest BCUT2D eigenvalue weighted by molar-refractivity contribution is 5.78. The molecule has 1 saturated carbocycles. The van der Waals surface area contributed by atoms with Crippen molar-refractivity contribution in [2.75, 3.05) is 20.2 Å². The molecule has 5 heteroatoms. The Bertz CT molecular complexity index is 839. The van der Waals surface area contributed by atoms with Gasteiger partial charge in [-0.05, 0) is 42.5 Å². The van der Waals surface area contributed by atoms with Crippen molar-refractivity contribution < 1.29 is 14.6 Å². The Balaban J connectivity index is 1.51. The van der Waals surface area contributed by atoms with Gasteiger partial charge in [-0.2, -0.15) is 0 Å². The molecule has 30 heavy (non-hydrogen) atoms. The summed E-state index contributed by atoms with van der Waals surface area (Å²) in [6, 6.07) is 18.1. The molecule has 2 N–H and O–H groups in total. The van der Waals surface area contributed by atoms with Crippen molar-refractivity contribution in [2.24, 2.45) is 5.92 Å². The number of nitrogens with zero attached hydrogens (tertiary/aromatic N) is 1. The molecule has 1 aliphatic carbocycles. The van der Waals surface area contributed by atoms with Crippen molar-refractivity contribution >= 4 is 5.91 Å². The number of hydrogen-bond donors (Lipinski definition) is 2. The molecular weight excluding hydrogens is 376 g/mol. The lowest BCUT2D eigenvalue weighted by atomic mass is 9.66. The Morgan fingerprint density at radius 1 is 1.13 bits per heavy atom. The maximum atomic E-state index is 12.8. The van der Waals surface area contributed by atoms with Gasteiger partial charge in [0.1, 0.15) is 5.75 Å². The second-order valence-corrected chi connectivity index (χ2v) is 8.66. The lowest BCUT2D eigenvalue weighted by Crippen LogP contribution is -2.56. The molecule has 2 aromatic carbocycles. The van der Waals surface area contributed by atoms with E-state index in [1.165, 1.54) is 0 Å². The minimum Gasteiger partial charge on any atom is -0.497 e. The van der Waals surface area contributed by atoms with Gasteiger partial charge in [-0.25, -0.2) is 0 Å². The van der Waals surface area contributed by atoms with E-state index in [2.05, 4.69) is 22.3 Å². The fraction of sp³-hybridized carbons (Fsp3) is 0.480.